The van der Waals surface area contributed by atoms with Crippen LogP contribution >= 0.6 is 0 Å². The van der Waals surface area contributed by atoms with E-state index in [0.29, 0.717) is 17.8 Å². The van der Waals surface area contributed by atoms with Gasteiger partial charge in [-0.1, -0.05) is 12.1 Å². The number of hydrogen-bond acceptors (Lipinski definition) is 2. The molecule has 0 unspecified atom stereocenters. The van der Waals surface area contributed by atoms with Gasteiger partial charge in [0.05, 0.1) is 0 Å². The number of nitrogens with zero attached hydrogens (tertiary/aromatic N) is 1. The molecule has 1 rings (SSSR count). The van der Waals surface area contributed by atoms with E-state index < -0.39 is 0 Å². The van der Waals surface area contributed by atoms with E-state index in [-0.39, 0.29) is 11.9 Å². The Morgan fingerprint density at radius 2 is 2.25 bits per heavy atom. The van der Waals surface area contributed by atoms with E-state index in [9.17, 15) is 4.79 Å². The fourth-order valence-corrected chi connectivity index (χ4v) is 1.13. The Bertz CT molecular complexity index is 403. The van der Waals surface area contributed by atoms with Crippen molar-refractivity contribution in [2.45, 2.75) is 6.92 Å². The number of nitrogens with one attached hydrogen (secondary N) is 2. The minimum Gasteiger partial charge on any atom is -0.384 e. The fraction of sp³-hybridized carbons (Fsp3) is 0.273. The van der Waals surface area contributed by atoms with E-state index in [2.05, 4.69) is 5.32 Å². The van der Waals surface area contributed by atoms with E-state index >= 15 is 0 Å². The summed E-state index contributed by atoms with van der Waals surface area (Å²) in [7, 11) is 1.71. The van der Waals surface area contributed by atoms with Crippen molar-refractivity contribution in [1.29, 1.82) is 5.41 Å². The molecule has 86 valence electrons. The van der Waals surface area contributed by atoms with Crippen molar-refractivity contribution in [3.05, 3.63) is 29.8 Å². The van der Waals surface area contributed by atoms with E-state index in [4.69, 9.17) is 11.1 Å². The third-order valence-electron chi connectivity index (χ3n) is 2.25. The molecule has 0 saturated heterocycles. The molecule has 5 nitrogen and oxygen atoms in total. The van der Waals surface area contributed by atoms with Gasteiger partial charge in [0.1, 0.15) is 5.84 Å². The number of anilines is 1. The summed E-state index contributed by atoms with van der Waals surface area (Å²) in [5.41, 5.74) is 6.59. The van der Waals surface area contributed by atoms with Crippen molar-refractivity contribution < 1.29 is 4.79 Å². The van der Waals surface area contributed by atoms with Gasteiger partial charge in [0, 0.05) is 24.8 Å². The highest BCUT2D eigenvalue weighted by Crippen LogP contribution is 2.10. The first-order chi connectivity index (χ1) is 7.54. The zero-order chi connectivity index (χ0) is 12.1. The Labute approximate surface area is 94.8 Å². The quantitative estimate of drug-likeness (QED) is 0.532. The van der Waals surface area contributed by atoms with Crippen LogP contribution in [0.5, 0.6) is 0 Å². The van der Waals surface area contributed by atoms with Gasteiger partial charge in [-0.3, -0.25) is 5.41 Å². The molecule has 0 bridgehead atoms. The van der Waals surface area contributed by atoms with Crippen LogP contribution in [0.1, 0.15) is 12.5 Å². The second kappa shape index (κ2) is 5.16. The Morgan fingerprint density at radius 3 is 2.81 bits per heavy atom. The van der Waals surface area contributed by atoms with Crippen LogP contribution in [0, 0.1) is 5.41 Å². The van der Waals surface area contributed by atoms with Gasteiger partial charge in [-0.15, -0.1) is 0 Å². The number of amidine groups is 1. The molecule has 4 N–H and O–H groups in total. The van der Waals surface area contributed by atoms with Gasteiger partial charge in [-0.2, -0.15) is 0 Å². The summed E-state index contributed by atoms with van der Waals surface area (Å²) in [6, 6.07) is 6.72. The first-order valence-electron chi connectivity index (χ1n) is 5.01. The maximum absolute atomic E-state index is 11.6. The molecule has 0 saturated carbocycles. The maximum Gasteiger partial charge on any atom is 0.321 e. The van der Waals surface area contributed by atoms with Crippen LogP contribution in [0.3, 0.4) is 0 Å². The van der Waals surface area contributed by atoms with Crippen LogP contribution in [0.25, 0.3) is 0 Å². The highest BCUT2D eigenvalue weighted by Gasteiger charge is 2.06. The lowest BCUT2D eigenvalue weighted by atomic mass is 10.2. The first-order valence-corrected chi connectivity index (χ1v) is 5.01. The summed E-state index contributed by atoms with van der Waals surface area (Å²) in [6.07, 6.45) is 0. The molecule has 0 aliphatic heterocycles. The predicted octanol–water partition coefficient (Wildman–Crippen LogP) is 1.45. The van der Waals surface area contributed by atoms with Crippen LogP contribution in [0.15, 0.2) is 24.3 Å². The fourth-order valence-electron chi connectivity index (χ4n) is 1.13. The van der Waals surface area contributed by atoms with E-state index in [1.165, 1.54) is 0 Å². The van der Waals surface area contributed by atoms with Gasteiger partial charge in [0.2, 0.25) is 0 Å². The van der Waals surface area contributed by atoms with E-state index in [1.54, 1.807) is 36.2 Å². The number of amides is 2. The lowest BCUT2D eigenvalue weighted by molar-refractivity contribution is 0.224. The van der Waals surface area contributed by atoms with Crippen molar-refractivity contribution in [2.75, 3.05) is 18.9 Å². The molecule has 0 heterocycles. The maximum atomic E-state index is 11.6. The molecule has 1 aromatic carbocycles. The van der Waals surface area contributed by atoms with Crippen LogP contribution < -0.4 is 11.1 Å². The third-order valence-corrected chi connectivity index (χ3v) is 2.25. The molecular weight excluding hydrogens is 204 g/mol. The number of hydrogen-bond donors (Lipinski definition) is 3. The Kier molecular flexibility index (Phi) is 3.88. The third kappa shape index (κ3) is 2.98. The van der Waals surface area contributed by atoms with Crippen molar-refractivity contribution in [3.63, 3.8) is 0 Å². The number of carbonyl (C=O) groups is 1. The van der Waals surface area contributed by atoms with Crippen LogP contribution in [-0.4, -0.2) is 30.4 Å². The van der Waals surface area contributed by atoms with Crippen LogP contribution in [-0.2, 0) is 0 Å². The molecule has 16 heavy (non-hydrogen) atoms. The monoisotopic (exact) mass is 220 g/mol. The summed E-state index contributed by atoms with van der Waals surface area (Å²) in [5, 5.41) is 10.0. The second-order valence-corrected chi connectivity index (χ2v) is 3.44. The molecule has 5 heteroatoms. The Hall–Kier alpha value is -2.04. The molecule has 0 radical (unpaired) electrons. The predicted molar refractivity (Wildman–Crippen MR) is 64.8 cm³/mol. The highest BCUT2D eigenvalue weighted by atomic mass is 16.2. The zero-order valence-electron chi connectivity index (χ0n) is 9.45. The van der Waals surface area contributed by atoms with Gasteiger partial charge in [-0.25, -0.2) is 4.79 Å². The van der Waals surface area contributed by atoms with E-state index in [0.717, 1.165) is 0 Å². The molecule has 2 amide bonds. The number of nitrogens with two attached hydrogens (primary N) is 1. The highest BCUT2D eigenvalue weighted by molar-refractivity contribution is 5.97. The number of rotatable bonds is 3. The minimum absolute atomic E-state index is 0.0139. The second-order valence-electron chi connectivity index (χ2n) is 3.44. The van der Waals surface area contributed by atoms with Gasteiger partial charge in [-0.05, 0) is 19.1 Å². The van der Waals surface area contributed by atoms with Crippen molar-refractivity contribution >= 4 is 17.6 Å². The number of carbonyl (C=O) groups excluding carboxylic acids is 1. The Morgan fingerprint density at radius 1 is 1.56 bits per heavy atom. The molecule has 1 aromatic rings. The molecule has 0 fully saturated rings. The zero-order valence-corrected chi connectivity index (χ0v) is 9.45. The number of benzene rings is 1. The molecule has 0 spiro atoms. The minimum atomic E-state index is -0.178. The van der Waals surface area contributed by atoms with Gasteiger partial charge in [0.25, 0.3) is 0 Å². The molecule has 0 aliphatic rings. The summed E-state index contributed by atoms with van der Waals surface area (Å²) in [4.78, 5) is 13.1. The topological polar surface area (TPSA) is 82.2 Å². The van der Waals surface area contributed by atoms with Crippen molar-refractivity contribution in [2.24, 2.45) is 5.73 Å². The number of nitrogen functional groups attached to an aromatic ring is 1. The summed E-state index contributed by atoms with van der Waals surface area (Å²) in [6.45, 7) is 2.53. The lowest BCUT2D eigenvalue weighted by Crippen LogP contribution is -2.31. The van der Waals surface area contributed by atoms with Gasteiger partial charge >= 0.3 is 6.03 Å². The van der Waals surface area contributed by atoms with Crippen LogP contribution in [0.2, 0.25) is 0 Å². The lowest BCUT2D eigenvalue weighted by Gasteiger charge is -2.15. The standard InChI is InChI=1S/C11H16N4O/c1-3-15(2)11(16)14-9-6-4-5-8(7-9)10(12)13/h4-7H,3H2,1-2H3,(H3,12,13)(H,14,16). The van der Waals surface area contributed by atoms with Crippen LogP contribution in [0.4, 0.5) is 10.5 Å². The normalized spacial score (nSPS) is 9.62. The van der Waals surface area contributed by atoms with Crippen molar-refractivity contribution in [1.82, 2.24) is 4.90 Å². The molecule has 0 aromatic heterocycles. The average molecular weight is 220 g/mol. The summed E-state index contributed by atoms with van der Waals surface area (Å²) in [5.74, 6) is -0.0139. The SMILES string of the molecule is CCN(C)C(=O)Nc1cccc(C(=N)N)c1. The summed E-state index contributed by atoms with van der Waals surface area (Å²) < 4.78 is 0. The average Bonchev–Trinajstić information content (AvgIpc) is 2.28. The van der Waals surface area contributed by atoms with Gasteiger partial charge < -0.3 is 16.0 Å². The first kappa shape index (κ1) is 12.0. The molecule has 0 atom stereocenters. The molecular formula is C11H16N4O. The van der Waals surface area contributed by atoms with Crippen molar-refractivity contribution in [3.8, 4) is 0 Å². The Balaban J connectivity index is 2.78. The molecule has 0 aliphatic carbocycles. The smallest absolute Gasteiger partial charge is 0.321 e. The van der Waals surface area contributed by atoms with Gasteiger partial charge in [0.15, 0.2) is 0 Å². The largest absolute Gasteiger partial charge is 0.384 e. The summed E-state index contributed by atoms with van der Waals surface area (Å²) >= 11 is 0. The van der Waals surface area contributed by atoms with E-state index in [1.807, 2.05) is 6.92 Å². The number of urea groups is 1.